The van der Waals surface area contributed by atoms with Gasteiger partial charge >= 0.3 is 0 Å². The Morgan fingerprint density at radius 2 is 2.21 bits per heavy atom. The third-order valence-corrected chi connectivity index (χ3v) is 3.37. The molecule has 1 N–H and O–H groups in total. The Bertz CT molecular complexity index is 522. The molecule has 2 aliphatic heterocycles. The maximum absolute atomic E-state index is 11.9. The number of nitrogens with one attached hydrogen (secondary N) is 1. The zero-order chi connectivity index (χ0) is 13.1. The highest BCUT2D eigenvalue weighted by molar-refractivity contribution is 5.91. The van der Waals surface area contributed by atoms with Crippen LogP contribution >= 0.6 is 0 Å². The Hall–Kier alpha value is -1.97. The van der Waals surface area contributed by atoms with E-state index < -0.39 is 0 Å². The van der Waals surface area contributed by atoms with Crippen molar-refractivity contribution in [2.75, 3.05) is 13.2 Å². The number of allylic oxidation sites excluding steroid dienone is 1. The second-order valence-corrected chi connectivity index (χ2v) is 4.78. The Morgan fingerprint density at radius 3 is 3.05 bits per heavy atom. The summed E-state index contributed by atoms with van der Waals surface area (Å²) in [5, 5.41) is 2.89. The van der Waals surface area contributed by atoms with Crippen LogP contribution in [0.4, 0.5) is 0 Å². The number of hydrogen-bond donors (Lipinski definition) is 1. The van der Waals surface area contributed by atoms with Gasteiger partial charge < -0.3 is 14.8 Å². The summed E-state index contributed by atoms with van der Waals surface area (Å²) >= 11 is 0. The molecule has 0 saturated heterocycles. The molecule has 0 aromatic heterocycles. The van der Waals surface area contributed by atoms with Gasteiger partial charge in [0.15, 0.2) is 5.76 Å². The Balaban J connectivity index is 1.60. The minimum absolute atomic E-state index is 0.128. The van der Waals surface area contributed by atoms with E-state index in [-0.39, 0.29) is 5.91 Å². The van der Waals surface area contributed by atoms with Crippen LogP contribution in [-0.4, -0.2) is 19.1 Å². The standard InChI is InChI=1S/C15H17NO3/c17-15(14-3-1-2-7-18-14)16-10-11-4-5-13-12(9-11)6-8-19-13/h3-5,9H,1-2,6-8,10H2,(H,16,17). The summed E-state index contributed by atoms with van der Waals surface area (Å²) < 4.78 is 10.8. The van der Waals surface area contributed by atoms with Crippen LogP contribution in [0.25, 0.3) is 0 Å². The van der Waals surface area contributed by atoms with Crippen LogP contribution in [0.1, 0.15) is 24.0 Å². The van der Waals surface area contributed by atoms with E-state index in [0.29, 0.717) is 18.9 Å². The van der Waals surface area contributed by atoms with Crippen LogP contribution in [0.5, 0.6) is 5.75 Å². The lowest BCUT2D eigenvalue weighted by Crippen LogP contribution is -2.26. The number of hydrogen-bond acceptors (Lipinski definition) is 3. The van der Waals surface area contributed by atoms with Gasteiger partial charge in [-0.3, -0.25) is 4.79 Å². The van der Waals surface area contributed by atoms with Gasteiger partial charge in [-0.05, 0) is 36.1 Å². The van der Waals surface area contributed by atoms with Crippen LogP contribution in [0.15, 0.2) is 30.0 Å². The number of fused-ring (bicyclic) bond motifs is 1. The molecule has 0 spiro atoms. The van der Waals surface area contributed by atoms with Crippen molar-refractivity contribution in [2.24, 2.45) is 0 Å². The summed E-state index contributed by atoms with van der Waals surface area (Å²) in [5.74, 6) is 1.29. The first-order chi connectivity index (χ1) is 9.33. The highest BCUT2D eigenvalue weighted by Gasteiger charge is 2.15. The van der Waals surface area contributed by atoms with E-state index in [1.807, 2.05) is 18.2 Å². The first-order valence-corrected chi connectivity index (χ1v) is 6.69. The van der Waals surface area contributed by atoms with Crippen molar-refractivity contribution in [1.82, 2.24) is 5.32 Å². The topological polar surface area (TPSA) is 47.6 Å². The lowest BCUT2D eigenvalue weighted by Gasteiger charge is -2.14. The summed E-state index contributed by atoms with van der Waals surface area (Å²) in [4.78, 5) is 11.9. The summed E-state index contributed by atoms with van der Waals surface area (Å²) in [5.41, 5.74) is 2.31. The first-order valence-electron chi connectivity index (χ1n) is 6.69. The molecule has 0 atom stereocenters. The van der Waals surface area contributed by atoms with Gasteiger partial charge in [-0.15, -0.1) is 0 Å². The molecule has 1 aromatic rings. The summed E-state index contributed by atoms with van der Waals surface area (Å²) in [6, 6.07) is 6.06. The van der Waals surface area contributed by atoms with Crippen molar-refractivity contribution in [3.05, 3.63) is 41.2 Å². The van der Waals surface area contributed by atoms with Gasteiger partial charge in [0, 0.05) is 13.0 Å². The molecule has 0 saturated carbocycles. The molecule has 0 radical (unpaired) electrons. The third kappa shape index (κ3) is 2.72. The van der Waals surface area contributed by atoms with Crippen LogP contribution in [0.3, 0.4) is 0 Å². The molecular formula is C15H17NO3. The molecule has 4 nitrogen and oxygen atoms in total. The summed E-state index contributed by atoms with van der Waals surface area (Å²) in [7, 11) is 0. The number of carbonyl (C=O) groups excluding carboxylic acids is 1. The molecular weight excluding hydrogens is 242 g/mol. The van der Waals surface area contributed by atoms with Gasteiger partial charge in [0.1, 0.15) is 5.75 Å². The fourth-order valence-electron chi connectivity index (χ4n) is 2.34. The molecule has 0 unspecified atom stereocenters. The molecule has 1 aromatic carbocycles. The maximum Gasteiger partial charge on any atom is 0.286 e. The van der Waals surface area contributed by atoms with Gasteiger partial charge in [-0.25, -0.2) is 0 Å². The smallest absolute Gasteiger partial charge is 0.286 e. The monoisotopic (exact) mass is 259 g/mol. The fourth-order valence-corrected chi connectivity index (χ4v) is 2.34. The predicted octanol–water partition coefficient (Wildman–Crippen LogP) is 1.93. The lowest BCUT2D eigenvalue weighted by molar-refractivity contribution is -0.121. The Morgan fingerprint density at radius 1 is 1.26 bits per heavy atom. The average molecular weight is 259 g/mol. The van der Waals surface area contributed by atoms with E-state index in [1.54, 1.807) is 0 Å². The average Bonchev–Trinajstić information content (AvgIpc) is 2.93. The second-order valence-electron chi connectivity index (χ2n) is 4.78. The maximum atomic E-state index is 11.9. The highest BCUT2D eigenvalue weighted by Crippen LogP contribution is 2.25. The van der Waals surface area contributed by atoms with Gasteiger partial charge in [0.25, 0.3) is 5.91 Å². The molecule has 19 heavy (non-hydrogen) atoms. The summed E-state index contributed by atoms with van der Waals surface area (Å²) in [6.07, 6.45) is 4.71. The number of benzene rings is 1. The van der Waals surface area contributed by atoms with Crippen molar-refractivity contribution in [2.45, 2.75) is 25.8 Å². The fraction of sp³-hybridized carbons (Fsp3) is 0.400. The Kier molecular flexibility index (Phi) is 3.40. The van der Waals surface area contributed by atoms with Crippen molar-refractivity contribution >= 4 is 5.91 Å². The zero-order valence-corrected chi connectivity index (χ0v) is 10.8. The number of amides is 1. The second kappa shape index (κ2) is 5.34. The molecule has 1 amide bonds. The molecule has 0 aliphatic carbocycles. The van der Waals surface area contributed by atoms with E-state index >= 15 is 0 Å². The van der Waals surface area contributed by atoms with Crippen molar-refractivity contribution < 1.29 is 14.3 Å². The van der Waals surface area contributed by atoms with Gasteiger partial charge in [-0.1, -0.05) is 12.1 Å². The molecule has 4 heteroatoms. The normalized spacial score (nSPS) is 16.9. The van der Waals surface area contributed by atoms with Crippen molar-refractivity contribution in [3.63, 3.8) is 0 Å². The quantitative estimate of drug-likeness (QED) is 0.902. The minimum Gasteiger partial charge on any atom is -0.493 e. The van der Waals surface area contributed by atoms with Gasteiger partial charge in [0.05, 0.1) is 13.2 Å². The number of rotatable bonds is 3. The van der Waals surface area contributed by atoms with Crippen LogP contribution < -0.4 is 10.1 Å². The van der Waals surface area contributed by atoms with E-state index in [4.69, 9.17) is 9.47 Å². The SMILES string of the molecule is O=C(NCc1ccc2c(c1)CCO2)C1=CCCCO1. The zero-order valence-electron chi connectivity index (χ0n) is 10.8. The van der Waals surface area contributed by atoms with E-state index in [1.165, 1.54) is 5.56 Å². The number of ether oxygens (including phenoxy) is 2. The first kappa shape index (κ1) is 12.1. The highest BCUT2D eigenvalue weighted by atomic mass is 16.5. The molecule has 100 valence electrons. The predicted molar refractivity (Wildman–Crippen MR) is 70.8 cm³/mol. The molecule has 0 fully saturated rings. The molecule has 2 heterocycles. The van der Waals surface area contributed by atoms with Crippen molar-refractivity contribution in [3.8, 4) is 5.75 Å². The molecule has 3 rings (SSSR count). The van der Waals surface area contributed by atoms with Gasteiger partial charge in [0.2, 0.25) is 0 Å². The minimum atomic E-state index is -0.128. The van der Waals surface area contributed by atoms with Gasteiger partial charge in [-0.2, -0.15) is 0 Å². The van der Waals surface area contributed by atoms with E-state index in [9.17, 15) is 4.79 Å². The van der Waals surface area contributed by atoms with Crippen molar-refractivity contribution in [1.29, 1.82) is 0 Å². The van der Waals surface area contributed by atoms with Crippen LogP contribution in [0.2, 0.25) is 0 Å². The van der Waals surface area contributed by atoms with E-state index in [0.717, 1.165) is 37.2 Å². The summed E-state index contributed by atoms with van der Waals surface area (Å²) in [6.45, 7) is 1.91. The number of carbonyl (C=O) groups is 1. The van der Waals surface area contributed by atoms with Crippen LogP contribution in [-0.2, 0) is 22.5 Å². The van der Waals surface area contributed by atoms with Crippen LogP contribution in [0, 0.1) is 0 Å². The third-order valence-electron chi connectivity index (χ3n) is 3.37. The molecule has 0 bridgehead atoms. The van der Waals surface area contributed by atoms with E-state index in [2.05, 4.69) is 11.4 Å². The largest absolute Gasteiger partial charge is 0.493 e. The lowest BCUT2D eigenvalue weighted by atomic mass is 10.1. The Labute approximate surface area is 112 Å². The molecule has 2 aliphatic rings.